The minimum atomic E-state index is -4.59. The number of amides is 1. The van der Waals surface area contributed by atoms with Gasteiger partial charge in [0.15, 0.2) is 0 Å². The van der Waals surface area contributed by atoms with Crippen molar-refractivity contribution in [3.8, 4) is 5.69 Å². The van der Waals surface area contributed by atoms with Crippen LogP contribution in [0.1, 0.15) is 40.0 Å². The fraction of sp³-hybridized carbons (Fsp3) is 0.333. The zero-order valence-corrected chi connectivity index (χ0v) is 18.8. The van der Waals surface area contributed by atoms with Crippen molar-refractivity contribution >= 4 is 5.91 Å². The first kappa shape index (κ1) is 24.4. The third-order valence-corrected chi connectivity index (χ3v) is 5.66. The van der Waals surface area contributed by atoms with Gasteiger partial charge in [0.1, 0.15) is 0 Å². The third-order valence-electron chi connectivity index (χ3n) is 5.66. The lowest BCUT2D eigenvalue weighted by atomic mass is 10.1. The van der Waals surface area contributed by atoms with Gasteiger partial charge < -0.3 is 10.1 Å². The van der Waals surface area contributed by atoms with E-state index in [1.54, 1.807) is 24.3 Å². The molecule has 1 amide bonds. The van der Waals surface area contributed by atoms with Gasteiger partial charge in [0.25, 0.3) is 11.5 Å². The second-order valence-corrected chi connectivity index (χ2v) is 8.31. The fourth-order valence-corrected chi connectivity index (χ4v) is 3.77. The first-order chi connectivity index (χ1) is 16.6. The van der Waals surface area contributed by atoms with Crippen LogP contribution in [0.2, 0.25) is 0 Å². The smallest absolute Gasteiger partial charge is 0.376 e. The molecule has 1 saturated heterocycles. The van der Waals surface area contributed by atoms with Crippen LogP contribution in [0.25, 0.3) is 5.69 Å². The molecule has 8 nitrogen and oxygen atoms in total. The molecule has 1 N–H and O–H groups in total. The maximum atomic E-state index is 13.2. The Bertz CT molecular complexity index is 1340. The number of halogens is 3. The Morgan fingerprint density at radius 2 is 1.91 bits per heavy atom. The minimum absolute atomic E-state index is 0.0754. The summed E-state index contributed by atoms with van der Waals surface area (Å²) in [6.07, 6.45) is -3.15. The van der Waals surface area contributed by atoms with E-state index in [9.17, 15) is 27.6 Å². The number of hydrogen-bond donors (Lipinski definition) is 1. The van der Waals surface area contributed by atoms with Crippen molar-refractivity contribution in [2.24, 2.45) is 0 Å². The van der Waals surface area contributed by atoms with Crippen molar-refractivity contribution < 1.29 is 22.7 Å². The highest BCUT2D eigenvalue weighted by molar-refractivity contribution is 5.91. The molecular weight excluding hydrogens is 465 g/mol. The predicted molar refractivity (Wildman–Crippen MR) is 121 cm³/mol. The summed E-state index contributed by atoms with van der Waals surface area (Å²) in [7, 11) is 0. The standard InChI is InChI=1S/C24H23F3N4O4/c1-15-7-9-18(10-8-15)31-23(34)30(14-16-4-2-5-17(12-16)24(25,26)27)22(33)20(29-31)21(32)28-13-19-6-3-11-35-19/h2,4-5,7-10,12,19H,3,6,11,13-14H2,1H3,(H,28,32)/t19-/m1/s1. The molecule has 3 aromatic rings. The molecule has 2 aromatic carbocycles. The summed E-state index contributed by atoms with van der Waals surface area (Å²) in [4.78, 5) is 39.2. The molecule has 0 unspecified atom stereocenters. The number of alkyl halides is 3. The summed E-state index contributed by atoms with van der Waals surface area (Å²) in [5.41, 5.74) is -2.06. The molecule has 35 heavy (non-hydrogen) atoms. The molecule has 1 aliphatic rings. The number of ether oxygens (including phenoxy) is 1. The molecule has 0 aliphatic carbocycles. The predicted octanol–water partition coefficient (Wildman–Crippen LogP) is 2.68. The van der Waals surface area contributed by atoms with Gasteiger partial charge in [-0.15, -0.1) is 0 Å². The highest BCUT2D eigenvalue weighted by Crippen LogP contribution is 2.29. The number of nitrogens with one attached hydrogen (secondary N) is 1. The zero-order valence-electron chi connectivity index (χ0n) is 18.8. The Labute approximate surface area is 198 Å². The molecule has 0 saturated carbocycles. The lowest BCUT2D eigenvalue weighted by Crippen LogP contribution is -2.46. The highest BCUT2D eigenvalue weighted by atomic mass is 19.4. The molecule has 1 fully saturated rings. The van der Waals surface area contributed by atoms with Crippen molar-refractivity contribution in [2.45, 2.75) is 38.6 Å². The van der Waals surface area contributed by atoms with E-state index >= 15 is 0 Å². The largest absolute Gasteiger partial charge is 0.416 e. The van der Waals surface area contributed by atoms with Crippen molar-refractivity contribution in [2.75, 3.05) is 13.2 Å². The number of aryl methyl sites for hydroxylation is 1. The van der Waals surface area contributed by atoms with E-state index in [4.69, 9.17) is 4.74 Å². The summed E-state index contributed by atoms with van der Waals surface area (Å²) >= 11 is 0. The van der Waals surface area contributed by atoms with Crippen molar-refractivity contribution in [1.29, 1.82) is 0 Å². The summed E-state index contributed by atoms with van der Waals surface area (Å²) < 4.78 is 46.6. The molecule has 2 heterocycles. The van der Waals surface area contributed by atoms with Gasteiger partial charge in [-0.2, -0.15) is 23.0 Å². The van der Waals surface area contributed by atoms with Gasteiger partial charge in [0.05, 0.1) is 23.9 Å². The summed E-state index contributed by atoms with van der Waals surface area (Å²) in [6, 6.07) is 11.0. The molecular formula is C24H23F3N4O4. The van der Waals surface area contributed by atoms with E-state index in [2.05, 4.69) is 10.4 Å². The Morgan fingerprint density at radius 3 is 2.57 bits per heavy atom. The van der Waals surface area contributed by atoms with Gasteiger partial charge in [0, 0.05) is 13.2 Å². The van der Waals surface area contributed by atoms with E-state index in [0.717, 1.165) is 35.2 Å². The number of nitrogens with zero attached hydrogens (tertiary/aromatic N) is 3. The number of aromatic nitrogens is 3. The van der Waals surface area contributed by atoms with Crippen LogP contribution in [-0.4, -0.2) is 39.5 Å². The molecule has 11 heteroatoms. The highest BCUT2D eigenvalue weighted by Gasteiger charge is 2.30. The number of benzene rings is 2. The average Bonchev–Trinajstić information content (AvgIpc) is 3.34. The molecule has 0 bridgehead atoms. The molecule has 1 atom stereocenters. The van der Waals surface area contributed by atoms with Crippen LogP contribution in [0.15, 0.2) is 58.1 Å². The maximum Gasteiger partial charge on any atom is 0.416 e. The Hall–Kier alpha value is -3.73. The van der Waals surface area contributed by atoms with Gasteiger partial charge in [-0.05, 0) is 49.6 Å². The summed E-state index contributed by atoms with van der Waals surface area (Å²) in [5.74, 6) is -0.802. The number of carbonyl (C=O) groups excluding carboxylic acids is 1. The number of hydrogen-bond acceptors (Lipinski definition) is 5. The van der Waals surface area contributed by atoms with Gasteiger partial charge in [-0.1, -0.05) is 29.8 Å². The SMILES string of the molecule is Cc1ccc(-n2nc(C(=O)NC[C@H]3CCCO3)c(=O)n(Cc3cccc(C(F)(F)F)c3)c2=O)cc1. The van der Waals surface area contributed by atoms with Crippen LogP contribution in [0.4, 0.5) is 13.2 Å². The molecule has 4 rings (SSSR count). The van der Waals surface area contributed by atoms with Crippen molar-refractivity contribution in [1.82, 2.24) is 19.7 Å². The summed E-state index contributed by atoms with van der Waals surface area (Å²) in [5, 5.41) is 6.62. The van der Waals surface area contributed by atoms with Gasteiger partial charge >= 0.3 is 11.9 Å². The van der Waals surface area contributed by atoms with Gasteiger partial charge in [-0.25, -0.2) is 4.79 Å². The normalized spacial score (nSPS) is 15.8. The second-order valence-electron chi connectivity index (χ2n) is 8.31. The topological polar surface area (TPSA) is 95.2 Å². The van der Waals surface area contributed by atoms with E-state index in [1.807, 2.05) is 6.92 Å². The fourth-order valence-electron chi connectivity index (χ4n) is 3.77. The quantitative estimate of drug-likeness (QED) is 0.576. The average molecular weight is 488 g/mol. The van der Waals surface area contributed by atoms with E-state index in [-0.39, 0.29) is 18.2 Å². The van der Waals surface area contributed by atoms with Gasteiger partial charge in [0.2, 0.25) is 5.69 Å². The van der Waals surface area contributed by atoms with Crippen LogP contribution < -0.4 is 16.6 Å². The van der Waals surface area contributed by atoms with Crippen LogP contribution in [0, 0.1) is 6.92 Å². The number of carbonyl (C=O) groups is 1. The molecule has 1 aliphatic heterocycles. The van der Waals surface area contributed by atoms with Crippen LogP contribution in [0.5, 0.6) is 0 Å². The molecule has 184 valence electrons. The zero-order chi connectivity index (χ0) is 25.2. The maximum absolute atomic E-state index is 13.2. The van der Waals surface area contributed by atoms with Crippen LogP contribution in [0.3, 0.4) is 0 Å². The first-order valence-corrected chi connectivity index (χ1v) is 11.0. The van der Waals surface area contributed by atoms with Gasteiger partial charge in [-0.3, -0.25) is 14.2 Å². The van der Waals surface area contributed by atoms with Crippen LogP contribution >= 0.6 is 0 Å². The van der Waals surface area contributed by atoms with E-state index in [1.165, 1.54) is 12.1 Å². The molecule has 0 spiro atoms. The molecule has 0 radical (unpaired) electrons. The number of rotatable bonds is 6. The van der Waals surface area contributed by atoms with E-state index < -0.39 is 41.1 Å². The lowest BCUT2D eigenvalue weighted by molar-refractivity contribution is -0.137. The molecule has 1 aromatic heterocycles. The Kier molecular flexibility index (Phi) is 6.88. The van der Waals surface area contributed by atoms with Crippen molar-refractivity contribution in [3.05, 3.63) is 91.8 Å². The summed E-state index contributed by atoms with van der Waals surface area (Å²) in [6.45, 7) is 2.12. The van der Waals surface area contributed by atoms with E-state index in [0.29, 0.717) is 16.9 Å². The Morgan fingerprint density at radius 1 is 1.17 bits per heavy atom. The monoisotopic (exact) mass is 488 g/mol. The first-order valence-electron chi connectivity index (χ1n) is 11.0. The lowest BCUT2D eigenvalue weighted by Gasteiger charge is -2.14. The van der Waals surface area contributed by atoms with Crippen molar-refractivity contribution in [3.63, 3.8) is 0 Å². The van der Waals surface area contributed by atoms with Crippen LogP contribution in [-0.2, 0) is 17.5 Å². The minimum Gasteiger partial charge on any atom is -0.376 e. The third kappa shape index (κ3) is 5.51. The second kappa shape index (κ2) is 9.87. The Balaban J connectivity index is 1.77.